The summed E-state index contributed by atoms with van der Waals surface area (Å²) in [6, 6.07) is 17.9. The van der Waals surface area contributed by atoms with Crippen molar-refractivity contribution in [2.45, 2.75) is 45.4 Å². The maximum atomic E-state index is 9.67. The van der Waals surface area contributed by atoms with Gasteiger partial charge in [0, 0.05) is 10.9 Å². The second kappa shape index (κ2) is 12.7. The average Bonchev–Trinajstić information content (AvgIpc) is 3.33. The van der Waals surface area contributed by atoms with Crippen LogP contribution in [0, 0.1) is 11.3 Å². The van der Waals surface area contributed by atoms with Crippen molar-refractivity contribution in [1.82, 2.24) is 4.98 Å². The first-order valence-electron chi connectivity index (χ1n) is 11.2. The normalized spacial score (nSPS) is 11.2. The molecule has 0 unspecified atom stereocenters. The van der Waals surface area contributed by atoms with E-state index in [1.54, 1.807) is 7.11 Å². The van der Waals surface area contributed by atoms with E-state index in [0.29, 0.717) is 10.6 Å². The van der Waals surface area contributed by atoms with Gasteiger partial charge in [-0.05, 0) is 54.5 Å². The number of methoxy groups -OCH3 is 1. The Balaban J connectivity index is 1.58. The summed E-state index contributed by atoms with van der Waals surface area (Å²) in [4.78, 5) is 4.66. The van der Waals surface area contributed by atoms with Crippen molar-refractivity contribution in [3.8, 4) is 28.8 Å². The topological polar surface area (TPSA) is 55.1 Å². The van der Waals surface area contributed by atoms with Gasteiger partial charge in [0.25, 0.3) is 0 Å². The Kier molecular flexibility index (Phi) is 9.34. The van der Waals surface area contributed by atoms with Crippen LogP contribution in [0.3, 0.4) is 0 Å². The van der Waals surface area contributed by atoms with E-state index < -0.39 is 0 Å². The highest BCUT2D eigenvalue weighted by molar-refractivity contribution is 7.11. The van der Waals surface area contributed by atoms with Gasteiger partial charge in [-0.25, -0.2) is 4.98 Å². The predicted octanol–water partition coefficient (Wildman–Crippen LogP) is 7.62. The van der Waals surface area contributed by atoms with Crippen LogP contribution in [0.1, 0.15) is 56.0 Å². The molecule has 0 N–H and O–H groups in total. The van der Waals surface area contributed by atoms with Crippen molar-refractivity contribution >= 4 is 23.0 Å². The molecule has 0 aliphatic carbocycles. The summed E-state index contributed by atoms with van der Waals surface area (Å²) in [5, 5.41) is 12.4. The molecule has 1 heterocycles. The second-order valence-electron chi connectivity index (χ2n) is 7.62. The minimum absolute atomic E-state index is 0.551. The number of rotatable bonds is 12. The largest absolute Gasteiger partial charge is 0.497 e. The molecule has 4 nitrogen and oxygen atoms in total. The number of thiazole rings is 1. The Labute approximate surface area is 195 Å². The molecular weight excluding hydrogens is 416 g/mol. The fourth-order valence-electron chi connectivity index (χ4n) is 3.33. The second-order valence-corrected chi connectivity index (χ2v) is 8.48. The molecule has 0 spiro atoms. The van der Waals surface area contributed by atoms with E-state index in [1.165, 1.54) is 43.4 Å². The molecule has 0 atom stereocenters. The fraction of sp³-hybridized carbons (Fsp3) is 0.333. The van der Waals surface area contributed by atoms with Gasteiger partial charge in [-0.3, -0.25) is 0 Å². The number of benzene rings is 2. The lowest BCUT2D eigenvalue weighted by molar-refractivity contribution is 0.304. The van der Waals surface area contributed by atoms with Crippen LogP contribution in [-0.4, -0.2) is 18.7 Å². The standard InChI is InChI=1S/C27H30N2O2S/c1-3-4-5-6-7-8-17-31-25-13-9-21(10-14-25)18-23(19-28)27-29-26(20-32-27)22-11-15-24(30-2)16-12-22/h9-16,18,20H,3-8,17H2,1-2H3. The van der Waals surface area contributed by atoms with Gasteiger partial charge in [-0.2, -0.15) is 5.26 Å². The molecule has 0 bridgehead atoms. The summed E-state index contributed by atoms with van der Waals surface area (Å²) < 4.78 is 11.1. The molecule has 0 amide bonds. The third-order valence-corrected chi connectivity index (χ3v) is 6.07. The molecule has 0 radical (unpaired) electrons. The molecule has 2 aromatic carbocycles. The Morgan fingerprint density at radius 3 is 2.34 bits per heavy atom. The van der Waals surface area contributed by atoms with Gasteiger partial charge in [0.15, 0.2) is 0 Å². The van der Waals surface area contributed by atoms with Crippen LogP contribution in [0.2, 0.25) is 0 Å². The molecule has 0 saturated heterocycles. The molecule has 32 heavy (non-hydrogen) atoms. The van der Waals surface area contributed by atoms with Gasteiger partial charge in [-0.1, -0.05) is 51.2 Å². The summed E-state index contributed by atoms with van der Waals surface area (Å²) in [5.74, 6) is 1.67. The number of hydrogen-bond acceptors (Lipinski definition) is 5. The lowest BCUT2D eigenvalue weighted by atomic mass is 10.1. The van der Waals surface area contributed by atoms with Crippen molar-refractivity contribution in [3.63, 3.8) is 0 Å². The number of aromatic nitrogens is 1. The molecule has 0 saturated carbocycles. The molecule has 0 aliphatic heterocycles. The zero-order valence-corrected chi connectivity index (χ0v) is 19.7. The third kappa shape index (κ3) is 6.96. The Morgan fingerprint density at radius 1 is 0.969 bits per heavy atom. The van der Waals surface area contributed by atoms with Gasteiger partial charge >= 0.3 is 0 Å². The van der Waals surface area contributed by atoms with Gasteiger partial charge in [0.05, 0.1) is 25.0 Å². The summed E-state index contributed by atoms with van der Waals surface area (Å²) in [6.07, 6.45) is 9.38. The molecule has 0 aliphatic rings. The number of unbranched alkanes of at least 4 members (excludes halogenated alkanes) is 5. The van der Waals surface area contributed by atoms with E-state index in [4.69, 9.17) is 9.47 Å². The maximum absolute atomic E-state index is 9.67. The summed E-state index contributed by atoms with van der Waals surface area (Å²) in [5.41, 5.74) is 3.36. The summed E-state index contributed by atoms with van der Waals surface area (Å²) >= 11 is 1.47. The number of nitriles is 1. The lowest BCUT2D eigenvalue weighted by Gasteiger charge is -2.06. The highest BCUT2D eigenvalue weighted by Crippen LogP contribution is 2.28. The number of ether oxygens (including phenoxy) is 2. The Hall–Kier alpha value is -3.10. The number of nitrogens with zero attached hydrogens (tertiary/aromatic N) is 2. The van der Waals surface area contributed by atoms with Crippen molar-refractivity contribution in [2.24, 2.45) is 0 Å². The van der Waals surface area contributed by atoms with Crippen LogP contribution >= 0.6 is 11.3 Å². The smallest absolute Gasteiger partial charge is 0.134 e. The van der Waals surface area contributed by atoms with Gasteiger partial charge in [0.2, 0.25) is 0 Å². The monoisotopic (exact) mass is 446 g/mol. The van der Waals surface area contributed by atoms with E-state index >= 15 is 0 Å². The fourth-order valence-corrected chi connectivity index (χ4v) is 4.13. The zero-order chi connectivity index (χ0) is 22.6. The first-order chi connectivity index (χ1) is 15.7. The molecule has 3 aromatic rings. The highest BCUT2D eigenvalue weighted by Gasteiger charge is 2.09. The first kappa shape index (κ1) is 23.6. The molecule has 0 fully saturated rings. The lowest BCUT2D eigenvalue weighted by Crippen LogP contribution is -1.97. The minimum Gasteiger partial charge on any atom is -0.497 e. The van der Waals surface area contributed by atoms with Crippen LogP contribution in [0.15, 0.2) is 53.9 Å². The molecule has 1 aromatic heterocycles. The first-order valence-corrected chi connectivity index (χ1v) is 12.1. The molecule has 5 heteroatoms. The maximum Gasteiger partial charge on any atom is 0.134 e. The van der Waals surface area contributed by atoms with Crippen LogP contribution < -0.4 is 9.47 Å². The van der Waals surface area contributed by atoms with Gasteiger partial charge < -0.3 is 9.47 Å². The number of hydrogen-bond donors (Lipinski definition) is 0. The summed E-state index contributed by atoms with van der Waals surface area (Å²) in [7, 11) is 1.65. The third-order valence-electron chi connectivity index (χ3n) is 5.20. The van der Waals surface area contributed by atoms with Crippen LogP contribution in [0.25, 0.3) is 22.9 Å². The van der Waals surface area contributed by atoms with E-state index in [1.807, 2.05) is 60.0 Å². The Bertz CT molecular complexity index is 1030. The van der Waals surface area contributed by atoms with Crippen LogP contribution in [0.4, 0.5) is 0 Å². The van der Waals surface area contributed by atoms with Crippen molar-refractivity contribution < 1.29 is 9.47 Å². The van der Waals surface area contributed by atoms with Gasteiger partial charge in [0.1, 0.15) is 22.6 Å². The van der Waals surface area contributed by atoms with E-state index in [9.17, 15) is 5.26 Å². The van der Waals surface area contributed by atoms with Crippen LogP contribution in [-0.2, 0) is 0 Å². The van der Waals surface area contributed by atoms with Crippen molar-refractivity contribution in [1.29, 1.82) is 5.26 Å². The van der Waals surface area contributed by atoms with Crippen molar-refractivity contribution in [2.75, 3.05) is 13.7 Å². The minimum atomic E-state index is 0.551. The Morgan fingerprint density at radius 2 is 1.66 bits per heavy atom. The summed E-state index contributed by atoms with van der Waals surface area (Å²) in [6.45, 7) is 2.98. The predicted molar refractivity (Wildman–Crippen MR) is 133 cm³/mol. The number of allylic oxidation sites excluding steroid dienone is 1. The highest BCUT2D eigenvalue weighted by atomic mass is 32.1. The molecular formula is C27H30N2O2S. The van der Waals surface area contributed by atoms with E-state index in [0.717, 1.165) is 41.3 Å². The van der Waals surface area contributed by atoms with Crippen LogP contribution in [0.5, 0.6) is 11.5 Å². The van der Waals surface area contributed by atoms with E-state index in [-0.39, 0.29) is 0 Å². The average molecular weight is 447 g/mol. The molecule has 3 rings (SSSR count). The molecule has 166 valence electrons. The quantitative estimate of drug-likeness (QED) is 0.212. The van der Waals surface area contributed by atoms with E-state index in [2.05, 4.69) is 18.0 Å². The SMILES string of the molecule is CCCCCCCCOc1ccc(C=C(C#N)c2nc(-c3ccc(OC)cc3)cs2)cc1. The zero-order valence-electron chi connectivity index (χ0n) is 18.8. The van der Waals surface area contributed by atoms with Crippen molar-refractivity contribution in [3.05, 3.63) is 64.5 Å². The van der Waals surface area contributed by atoms with Gasteiger partial charge in [-0.15, -0.1) is 11.3 Å².